The van der Waals surface area contributed by atoms with Gasteiger partial charge in [0.2, 0.25) is 0 Å². The second-order valence-electron chi connectivity index (χ2n) is 5.33. The Morgan fingerprint density at radius 2 is 2.26 bits per heavy atom. The molecule has 1 heterocycles. The third-order valence-electron chi connectivity index (χ3n) is 3.77. The Hall–Kier alpha value is -0.320. The summed E-state index contributed by atoms with van der Waals surface area (Å²) in [5, 5.41) is 4.05. The molecule has 1 N–H and O–H groups in total. The highest BCUT2D eigenvalue weighted by Crippen LogP contribution is 2.36. The Balaban J connectivity index is 2.35. The van der Waals surface area contributed by atoms with Gasteiger partial charge in [-0.1, -0.05) is 18.5 Å². The average Bonchev–Trinajstić information content (AvgIpc) is 2.51. The summed E-state index contributed by atoms with van der Waals surface area (Å²) < 4.78 is 14.0. The predicted octanol–water partition coefficient (Wildman–Crippen LogP) is 4.21. The fraction of sp³-hybridized carbons (Fsp3) is 0.571. The van der Waals surface area contributed by atoms with E-state index in [0.717, 1.165) is 42.6 Å². The molecule has 1 aliphatic rings. The van der Waals surface area contributed by atoms with Gasteiger partial charge in [-0.25, -0.2) is 4.39 Å². The van der Waals surface area contributed by atoms with Crippen molar-refractivity contribution in [2.75, 3.05) is 24.5 Å². The van der Waals surface area contributed by atoms with E-state index < -0.39 is 0 Å². The van der Waals surface area contributed by atoms with Gasteiger partial charge >= 0.3 is 0 Å². The van der Waals surface area contributed by atoms with Crippen molar-refractivity contribution in [2.24, 2.45) is 0 Å². The van der Waals surface area contributed by atoms with Crippen LogP contribution in [0.3, 0.4) is 0 Å². The lowest BCUT2D eigenvalue weighted by molar-refractivity contribution is 0.366. The van der Waals surface area contributed by atoms with Crippen molar-refractivity contribution in [2.45, 2.75) is 32.2 Å². The maximum absolute atomic E-state index is 13.3. The first-order valence-corrected chi connectivity index (χ1v) is 7.77. The van der Waals surface area contributed by atoms with Gasteiger partial charge in [0, 0.05) is 23.1 Å². The molecule has 1 unspecified atom stereocenters. The molecule has 0 bridgehead atoms. The summed E-state index contributed by atoms with van der Waals surface area (Å²) in [5.41, 5.74) is 0.958. The zero-order valence-electron chi connectivity index (χ0n) is 11.3. The highest BCUT2D eigenvalue weighted by atomic mass is 79.9. The monoisotopic (exact) mass is 348 g/mol. The normalized spacial score (nSPS) is 24.4. The van der Waals surface area contributed by atoms with Crippen LogP contribution in [0.1, 0.15) is 26.7 Å². The van der Waals surface area contributed by atoms with E-state index in [9.17, 15) is 4.39 Å². The molecule has 2 nitrogen and oxygen atoms in total. The summed E-state index contributed by atoms with van der Waals surface area (Å²) in [6.45, 7) is 7.19. The minimum Gasteiger partial charge on any atom is -0.368 e. The van der Waals surface area contributed by atoms with Crippen LogP contribution in [-0.4, -0.2) is 25.2 Å². The number of rotatable bonds is 2. The van der Waals surface area contributed by atoms with Gasteiger partial charge in [0.15, 0.2) is 0 Å². The molecule has 0 aromatic heterocycles. The summed E-state index contributed by atoms with van der Waals surface area (Å²) >= 11 is 9.66. The quantitative estimate of drug-likeness (QED) is 0.860. The average molecular weight is 350 g/mol. The zero-order valence-corrected chi connectivity index (χ0v) is 13.6. The lowest BCUT2D eigenvalue weighted by Crippen LogP contribution is -2.48. The number of halogens is 3. The second kappa shape index (κ2) is 5.98. The summed E-state index contributed by atoms with van der Waals surface area (Å²) in [7, 11) is 0. The maximum atomic E-state index is 13.3. The largest absolute Gasteiger partial charge is 0.368 e. The molecular weight excluding hydrogens is 331 g/mol. The van der Waals surface area contributed by atoms with Crippen molar-refractivity contribution < 1.29 is 4.39 Å². The minimum absolute atomic E-state index is 0.0631. The Kier molecular flexibility index (Phi) is 4.75. The highest BCUT2D eigenvalue weighted by Gasteiger charge is 2.29. The molecule has 1 saturated heterocycles. The van der Waals surface area contributed by atoms with Crippen molar-refractivity contribution in [3.8, 4) is 0 Å². The van der Waals surface area contributed by atoms with E-state index in [1.54, 1.807) is 0 Å². The Morgan fingerprint density at radius 1 is 1.53 bits per heavy atom. The fourth-order valence-corrected chi connectivity index (χ4v) is 3.60. The van der Waals surface area contributed by atoms with Crippen LogP contribution in [0.2, 0.25) is 5.02 Å². The number of hydrogen-bond donors (Lipinski definition) is 1. The van der Waals surface area contributed by atoms with Gasteiger partial charge in [-0.3, -0.25) is 0 Å². The summed E-state index contributed by atoms with van der Waals surface area (Å²) in [6, 6.07) is 2.85. The maximum Gasteiger partial charge on any atom is 0.125 e. The van der Waals surface area contributed by atoms with E-state index in [-0.39, 0.29) is 11.4 Å². The third-order valence-corrected chi connectivity index (χ3v) is 4.67. The van der Waals surface area contributed by atoms with E-state index in [1.165, 1.54) is 12.1 Å². The van der Waals surface area contributed by atoms with Gasteiger partial charge < -0.3 is 10.2 Å². The van der Waals surface area contributed by atoms with Crippen molar-refractivity contribution in [3.05, 3.63) is 27.4 Å². The SMILES string of the molecule is CCC1(C)CN(c2c(Cl)cc(F)cc2Br)CCCN1. The van der Waals surface area contributed by atoms with Crippen LogP contribution in [0.4, 0.5) is 10.1 Å². The van der Waals surface area contributed by atoms with E-state index in [1.807, 2.05) is 0 Å². The lowest BCUT2D eigenvalue weighted by Gasteiger charge is -2.34. The van der Waals surface area contributed by atoms with Gasteiger partial charge in [-0.2, -0.15) is 0 Å². The van der Waals surface area contributed by atoms with E-state index >= 15 is 0 Å². The third kappa shape index (κ3) is 3.41. The number of nitrogens with one attached hydrogen (secondary N) is 1. The smallest absolute Gasteiger partial charge is 0.125 e. The molecule has 1 aliphatic heterocycles. The van der Waals surface area contributed by atoms with Crippen molar-refractivity contribution in [1.29, 1.82) is 0 Å². The van der Waals surface area contributed by atoms with Gasteiger partial charge in [0.05, 0.1) is 10.7 Å². The number of anilines is 1. The van der Waals surface area contributed by atoms with Crippen molar-refractivity contribution in [1.82, 2.24) is 5.32 Å². The molecular formula is C14H19BrClFN2. The Morgan fingerprint density at radius 3 is 2.89 bits per heavy atom. The number of nitrogens with zero attached hydrogens (tertiary/aromatic N) is 1. The van der Waals surface area contributed by atoms with E-state index in [0.29, 0.717) is 5.02 Å². The van der Waals surface area contributed by atoms with E-state index in [2.05, 4.69) is 40.0 Å². The molecule has 1 atom stereocenters. The van der Waals surface area contributed by atoms with Crippen LogP contribution in [0.15, 0.2) is 16.6 Å². The first kappa shape index (κ1) is 15.1. The van der Waals surface area contributed by atoms with Crippen molar-refractivity contribution in [3.63, 3.8) is 0 Å². The Bertz CT molecular complexity index is 446. The van der Waals surface area contributed by atoms with Gasteiger partial charge in [0.25, 0.3) is 0 Å². The summed E-state index contributed by atoms with van der Waals surface area (Å²) in [5.74, 6) is -0.313. The molecule has 19 heavy (non-hydrogen) atoms. The molecule has 0 spiro atoms. The molecule has 1 aromatic carbocycles. The van der Waals surface area contributed by atoms with Crippen LogP contribution in [0.25, 0.3) is 0 Å². The minimum atomic E-state index is -0.313. The topological polar surface area (TPSA) is 15.3 Å². The fourth-order valence-electron chi connectivity index (χ4n) is 2.48. The molecule has 0 saturated carbocycles. The second-order valence-corrected chi connectivity index (χ2v) is 6.60. The van der Waals surface area contributed by atoms with Crippen molar-refractivity contribution >= 4 is 33.2 Å². The number of hydrogen-bond acceptors (Lipinski definition) is 2. The molecule has 0 aliphatic carbocycles. The molecule has 0 amide bonds. The molecule has 5 heteroatoms. The molecule has 0 radical (unpaired) electrons. The van der Waals surface area contributed by atoms with Crippen LogP contribution < -0.4 is 10.2 Å². The van der Waals surface area contributed by atoms with Crippen LogP contribution in [0.5, 0.6) is 0 Å². The summed E-state index contributed by atoms with van der Waals surface area (Å²) in [6.07, 6.45) is 2.09. The standard InChI is InChI=1S/C14H19BrClFN2/c1-3-14(2)9-19(6-4-5-18-14)13-11(15)7-10(17)8-12(13)16/h7-8,18H,3-6,9H2,1-2H3. The van der Waals surface area contributed by atoms with E-state index in [4.69, 9.17) is 11.6 Å². The van der Waals surface area contributed by atoms with Crippen LogP contribution in [0, 0.1) is 5.82 Å². The van der Waals surface area contributed by atoms with Crippen LogP contribution >= 0.6 is 27.5 Å². The first-order chi connectivity index (χ1) is 8.95. The van der Waals surface area contributed by atoms with Gasteiger partial charge in [0.1, 0.15) is 5.82 Å². The van der Waals surface area contributed by atoms with Gasteiger partial charge in [-0.15, -0.1) is 0 Å². The Labute approximate surface area is 127 Å². The predicted molar refractivity (Wildman–Crippen MR) is 82.6 cm³/mol. The van der Waals surface area contributed by atoms with Crippen LogP contribution in [-0.2, 0) is 0 Å². The molecule has 106 valence electrons. The highest BCUT2D eigenvalue weighted by molar-refractivity contribution is 9.10. The number of benzene rings is 1. The molecule has 1 aromatic rings. The zero-order chi connectivity index (χ0) is 14.0. The van der Waals surface area contributed by atoms with Gasteiger partial charge in [-0.05, 0) is 54.4 Å². The molecule has 2 rings (SSSR count). The first-order valence-electron chi connectivity index (χ1n) is 6.60. The molecule has 1 fully saturated rings. The lowest BCUT2D eigenvalue weighted by atomic mass is 9.98. The summed E-state index contributed by atoms with van der Waals surface area (Å²) in [4.78, 5) is 2.25.